The topological polar surface area (TPSA) is 60.7 Å². The molecular weight excluding hydrogens is 162 g/mol. The van der Waals surface area contributed by atoms with E-state index in [0.29, 0.717) is 0 Å². The minimum absolute atomic E-state index is 0.224. The highest BCUT2D eigenvalue weighted by atomic mass is 19.1. The zero-order chi connectivity index (χ0) is 9.30. The van der Waals surface area contributed by atoms with Gasteiger partial charge in [-0.25, -0.2) is 4.39 Å². The van der Waals surface area contributed by atoms with Gasteiger partial charge < -0.3 is 15.2 Å². The summed E-state index contributed by atoms with van der Waals surface area (Å²) in [4.78, 5) is 0. The molecule has 3 nitrogen and oxygen atoms in total. The van der Waals surface area contributed by atoms with Crippen molar-refractivity contribution in [3.8, 4) is 5.75 Å². The molecule has 1 aromatic rings. The molecule has 0 saturated carbocycles. The molecule has 0 aliphatic rings. The van der Waals surface area contributed by atoms with Gasteiger partial charge in [-0.2, -0.15) is 0 Å². The van der Waals surface area contributed by atoms with E-state index in [1.807, 2.05) is 0 Å². The lowest BCUT2D eigenvalue weighted by molar-refractivity contribution is 0.409. The highest BCUT2D eigenvalue weighted by molar-refractivity contribution is 6.59. The normalized spacial score (nSPS) is 10.0. The van der Waals surface area contributed by atoms with E-state index in [9.17, 15) is 4.39 Å². The average molecular weight is 170 g/mol. The first kappa shape index (κ1) is 9.03. The van der Waals surface area contributed by atoms with Crippen molar-refractivity contribution in [3.05, 3.63) is 23.5 Å². The van der Waals surface area contributed by atoms with Gasteiger partial charge in [-0.1, -0.05) is 12.1 Å². The van der Waals surface area contributed by atoms with Gasteiger partial charge in [-0.3, -0.25) is 0 Å². The molecule has 64 valence electrons. The van der Waals surface area contributed by atoms with Gasteiger partial charge in [0.2, 0.25) is 0 Å². The zero-order valence-electron chi connectivity index (χ0n) is 6.45. The third-order valence-corrected chi connectivity index (χ3v) is 1.62. The van der Waals surface area contributed by atoms with Crippen molar-refractivity contribution in [3.63, 3.8) is 0 Å². The van der Waals surface area contributed by atoms with Crippen LogP contribution in [0.3, 0.4) is 0 Å². The number of hydrogen-bond donors (Lipinski definition) is 3. The number of benzene rings is 1. The van der Waals surface area contributed by atoms with E-state index >= 15 is 0 Å². The van der Waals surface area contributed by atoms with Crippen molar-refractivity contribution >= 4 is 12.6 Å². The van der Waals surface area contributed by atoms with Crippen LogP contribution < -0.4 is 5.46 Å². The fraction of sp³-hybridized carbons (Fsp3) is 0.143. The predicted octanol–water partition coefficient (Wildman–Crippen LogP) is -0.480. The van der Waals surface area contributed by atoms with Crippen LogP contribution in [-0.4, -0.2) is 22.3 Å². The van der Waals surface area contributed by atoms with Crippen LogP contribution in [0.15, 0.2) is 12.1 Å². The van der Waals surface area contributed by atoms with E-state index in [-0.39, 0.29) is 11.0 Å². The zero-order valence-corrected chi connectivity index (χ0v) is 6.45. The Morgan fingerprint density at radius 2 is 1.92 bits per heavy atom. The largest absolute Gasteiger partial charge is 0.505 e. The van der Waals surface area contributed by atoms with Crippen LogP contribution >= 0.6 is 0 Å². The van der Waals surface area contributed by atoms with Crippen molar-refractivity contribution < 1.29 is 19.5 Å². The van der Waals surface area contributed by atoms with Gasteiger partial charge in [-0.15, -0.1) is 0 Å². The molecule has 0 spiro atoms. The van der Waals surface area contributed by atoms with Gasteiger partial charge in [0.25, 0.3) is 0 Å². The Labute approximate surface area is 69.2 Å². The molecule has 0 aliphatic carbocycles. The summed E-state index contributed by atoms with van der Waals surface area (Å²) in [6.07, 6.45) is 0. The minimum Gasteiger partial charge on any atom is -0.505 e. The predicted molar refractivity (Wildman–Crippen MR) is 42.6 cm³/mol. The SMILES string of the molecule is Cc1ccc(B(O)O)c(O)c1F. The molecular formula is C7H8BFO3. The lowest BCUT2D eigenvalue weighted by atomic mass is 9.79. The molecule has 0 fully saturated rings. The molecule has 0 heterocycles. The van der Waals surface area contributed by atoms with Gasteiger partial charge in [-0.05, 0) is 12.5 Å². The summed E-state index contributed by atoms with van der Waals surface area (Å²) in [5.74, 6) is -1.52. The van der Waals surface area contributed by atoms with E-state index in [2.05, 4.69) is 0 Å². The molecule has 0 atom stereocenters. The standard InChI is InChI=1S/C7H8BFO3/c1-4-2-3-5(8(11)12)7(10)6(4)9/h2-3,10-12H,1H3. The Bertz CT molecular complexity index is 301. The van der Waals surface area contributed by atoms with Gasteiger partial charge in [0.05, 0.1) is 0 Å². The highest BCUT2D eigenvalue weighted by Gasteiger charge is 2.19. The lowest BCUT2D eigenvalue weighted by Crippen LogP contribution is -2.30. The molecule has 0 saturated heterocycles. The van der Waals surface area contributed by atoms with E-state index < -0.39 is 18.7 Å². The number of rotatable bonds is 1. The van der Waals surface area contributed by atoms with Crippen molar-refractivity contribution in [2.45, 2.75) is 6.92 Å². The number of halogens is 1. The maximum atomic E-state index is 12.9. The number of hydrogen-bond acceptors (Lipinski definition) is 3. The second-order valence-corrected chi connectivity index (χ2v) is 2.51. The molecule has 12 heavy (non-hydrogen) atoms. The summed E-state index contributed by atoms with van der Waals surface area (Å²) in [6, 6.07) is 2.63. The van der Waals surface area contributed by atoms with E-state index in [1.165, 1.54) is 19.1 Å². The maximum Gasteiger partial charge on any atom is 0.492 e. The van der Waals surface area contributed by atoms with Crippen molar-refractivity contribution in [2.75, 3.05) is 0 Å². The number of phenolic OH excluding ortho intramolecular Hbond substituents is 1. The quantitative estimate of drug-likeness (QED) is 0.498. The Hall–Kier alpha value is -1.07. The number of aryl methyl sites for hydroxylation is 1. The molecule has 0 aliphatic heterocycles. The number of phenols is 1. The summed E-state index contributed by atoms with van der Waals surface area (Å²) in [5.41, 5.74) is 0.0370. The molecule has 0 bridgehead atoms. The van der Waals surface area contributed by atoms with Crippen molar-refractivity contribution in [1.29, 1.82) is 0 Å². The first-order valence-electron chi connectivity index (χ1n) is 3.38. The third-order valence-electron chi connectivity index (χ3n) is 1.62. The first-order valence-corrected chi connectivity index (χ1v) is 3.38. The molecule has 3 N–H and O–H groups in total. The Kier molecular flexibility index (Phi) is 2.35. The van der Waals surface area contributed by atoms with Crippen LogP contribution in [0.4, 0.5) is 4.39 Å². The summed E-state index contributed by atoms with van der Waals surface area (Å²) < 4.78 is 12.9. The fourth-order valence-corrected chi connectivity index (χ4v) is 0.889. The smallest absolute Gasteiger partial charge is 0.492 e. The van der Waals surface area contributed by atoms with Crippen LogP contribution in [0.5, 0.6) is 5.75 Å². The molecule has 0 radical (unpaired) electrons. The summed E-state index contributed by atoms with van der Waals surface area (Å²) in [6.45, 7) is 1.47. The Morgan fingerprint density at radius 3 is 2.42 bits per heavy atom. The molecule has 0 unspecified atom stereocenters. The summed E-state index contributed by atoms with van der Waals surface area (Å²) in [7, 11) is -1.85. The van der Waals surface area contributed by atoms with Crippen LogP contribution in [0.25, 0.3) is 0 Å². The molecule has 0 amide bonds. The Balaban J connectivity index is 3.27. The van der Waals surface area contributed by atoms with Gasteiger partial charge in [0.15, 0.2) is 11.6 Å². The fourth-order valence-electron chi connectivity index (χ4n) is 0.889. The molecule has 5 heteroatoms. The van der Waals surface area contributed by atoms with E-state index in [0.717, 1.165) is 0 Å². The third kappa shape index (κ3) is 1.42. The van der Waals surface area contributed by atoms with Gasteiger partial charge >= 0.3 is 7.12 Å². The van der Waals surface area contributed by atoms with Crippen LogP contribution in [-0.2, 0) is 0 Å². The Morgan fingerprint density at radius 1 is 1.33 bits per heavy atom. The van der Waals surface area contributed by atoms with Crippen LogP contribution in [0, 0.1) is 12.7 Å². The second-order valence-electron chi connectivity index (χ2n) is 2.51. The maximum absolute atomic E-state index is 12.9. The summed E-state index contributed by atoms with van der Waals surface area (Å²) in [5, 5.41) is 26.4. The van der Waals surface area contributed by atoms with Crippen LogP contribution in [0.2, 0.25) is 0 Å². The van der Waals surface area contributed by atoms with Gasteiger partial charge in [0.1, 0.15) is 0 Å². The van der Waals surface area contributed by atoms with Crippen molar-refractivity contribution in [1.82, 2.24) is 0 Å². The van der Waals surface area contributed by atoms with Crippen molar-refractivity contribution in [2.24, 2.45) is 0 Å². The van der Waals surface area contributed by atoms with E-state index in [4.69, 9.17) is 15.2 Å². The molecule has 1 rings (SSSR count). The highest BCUT2D eigenvalue weighted by Crippen LogP contribution is 2.15. The number of aromatic hydroxyl groups is 1. The lowest BCUT2D eigenvalue weighted by Gasteiger charge is -2.05. The summed E-state index contributed by atoms with van der Waals surface area (Å²) >= 11 is 0. The molecule has 0 aromatic heterocycles. The van der Waals surface area contributed by atoms with Gasteiger partial charge in [0, 0.05) is 5.46 Å². The molecule has 1 aromatic carbocycles. The van der Waals surface area contributed by atoms with E-state index in [1.54, 1.807) is 0 Å². The second kappa shape index (κ2) is 3.12. The first-order chi connectivity index (χ1) is 5.54. The monoisotopic (exact) mass is 170 g/mol. The van der Waals surface area contributed by atoms with Crippen LogP contribution in [0.1, 0.15) is 5.56 Å². The average Bonchev–Trinajstić information content (AvgIpc) is 2.00. The minimum atomic E-state index is -1.85.